The summed E-state index contributed by atoms with van der Waals surface area (Å²) in [6.07, 6.45) is -4.08. The molecule has 0 saturated carbocycles. The van der Waals surface area contributed by atoms with E-state index in [1.54, 1.807) is 19.2 Å². The Morgan fingerprint density at radius 1 is 1.00 bits per heavy atom. The highest BCUT2D eigenvalue weighted by atomic mass is 19.4. The van der Waals surface area contributed by atoms with E-state index in [0.717, 1.165) is 54.6 Å². The third-order valence-electron chi connectivity index (χ3n) is 9.10. The highest BCUT2D eigenvalue weighted by Gasteiger charge is 2.47. The van der Waals surface area contributed by atoms with Crippen LogP contribution in [0, 0.1) is 17.2 Å². The van der Waals surface area contributed by atoms with Gasteiger partial charge in [-0.2, -0.15) is 18.4 Å². The number of nitrogens with zero attached hydrogens (tertiary/aromatic N) is 4. The third-order valence-corrected chi connectivity index (χ3v) is 9.10. The molecule has 5 rings (SSSR count). The molecular formula is C37H38F3N5O4. The van der Waals surface area contributed by atoms with Crippen molar-refractivity contribution in [3.05, 3.63) is 101 Å². The van der Waals surface area contributed by atoms with Gasteiger partial charge in [-0.1, -0.05) is 30.3 Å². The molecule has 2 amide bonds. The normalized spacial score (nSPS) is 18.7. The molecule has 0 bridgehead atoms. The number of Topliss-reactive ketones (excluding diaryl/α,β-unsaturated/α-hetero) is 1. The van der Waals surface area contributed by atoms with Gasteiger partial charge in [-0.05, 0) is 74.8 Å². The van der Waals surface area contributed by atoms with Gasteiger partial charge < -0.3 is 15.0 Å². The minimum absolute atomic E-state index is 0.0978. The highest BCUT2D eigenvalue weighted by Crippen LogP contribution is 2.43. The van der Waals surface area contributed by atoms with Gasteiger partial charge in [0.1, 0.15) is 11.7 Å². The number of piperazine rings is 1. The molecule has 3 aromatic carbocycles. The molecule has 49 heavy (non-hydrogen) atoms. The number of amides is 2. The minimum atomic E-state index is -4.67. The Labute approximate surface area is 283 Å². The van der Waals surface area contributed by atoms with E-state index in [-0.39, 0.29) is 23.5 Å². The van der Waals surface area contributed by atoms with Gasteiger partial charge in [-0.15, -0.1) is 0 Å². The first-order valence-electron chi connectivity index (χ1n) is 16.1. The summed E-state index contributed by atoms with van der Waals surface area (Å²) in [5.41, 5.74) is 1.07. The fraction of sp³-hybridized carbons (Fsp3) is 0.351. The van der Waals surface area contributed by atoms with Crippen molar-refractivity contribution < 1.29 is 32.3 Å². The summed E-state index contributed by atoms with van der Waals surface area (Å²) in [4.78, 5) is 47.0. The van der Waals surface area contributed by atoms with Crippen molar-refractivity contribution in [1.29, 1.82) is 5.26 Å². The van der Waals surface area contributed by atoms with E-state index in [1.165, 1.54) is 38.1 Å². The number of benzene rings is 3. The molecule has 2 aliphatic rings. The maximum Gasteiger partial charge on any atom is 0.416 e. The first kappa shape index (κ1) is 35.2. The smallest absolute Gasteiger partial charge is 0.416 e. The van der Waals surface area contributed by atoms with Crippen LogP contribution in [0.5, 0.6) is 5.75 Å². The number of carbonyl (C=O) groups excluding carboxylic acids is 3. The van der Waals surface area contributed by atoms with Gasteiger partial charge in [0.15, 0.2) is 5.78 Å². The number of allylic oxidation sites excluding steroid dienone is 2. The third kappa shape index (κ3) is 7.62. The predicted molar refractivity (Wildman–Crippen MR) is 179 cm³/mol. The van der Waals surface area contributed by atoms with E-state index >= 15 is 0 Å². The van der Waals surface area contributed by atoms with E-state index in [0.29, 0.717) is 24.1 Å². The van der Waals surface area contributed by atoms with Crippen LogP contribution < -0.4 is 19.9 Å². The lowest BCUT2D eigenvalue weighted by atomic mass is 9.74. The van der Waals surface area contributed by atoms with Gasteiger partial charge >= 0.3 is 6.18 Å². The number of hydrogen-bond donors (Lipinski definition) is 1. The summed E-state index contributed by atoms with van der Waals surface area (Å²) in [7, 11) is 1.65. The van der Waals surface area contributed by atoms with Gasteiger partial charge in [0.2, 0.25) is 11.8 Å². The molecule has 12 heteroatoms. The van der Waals surface area contributed by atoms with Gasteiger partial charge in [0.05, 0.1) is 30.0 Å². The standard InChI is InChI=1S/C37H38F3N5O4/c1-24-32(25(2)46)33(27-14-12-26(23-41)13-15-27)34(36(48)45(24)29-9-6-8-28(22-29)37(38,39)40)35(47)42-16-7-17-43-18-20-44(21-19-43)30-10-4-5-11-31(30)49-3/h4-6,8-15,22,33-34H,7,16-21H2,1-3H3,(H,42,47). The number of alkyl halides is 3. The van der Waals surface area contributed by atoms with E-state index in [9.17, 15) is 32.8 Å². The number of anilines is 2. The molecule has 2 heterocycles. The molecule has 3 aromatic rings. The Morgan fingerprint density at radius 2 is 1.69 bits per heavy atom. The number of carbonyl (C=O) groups is 3. The first-order valence-corrected chi connectivity index (χ1v) is 16.1. The zero-order valence-electron chi connectivity index (χ0n) is 27.6. The second kappa shape index (κ2) is 15.0. The molecule has 9 nitrogen and oxygen atoms in total. The molecule has 0 aliphatic carbocycles. The number of methoxy groups -OCH3 is 1. The number of halogens is 3. The van der Waals surface area contributed by atoms with Crippen molar-refractivity contribution in [2.24, 2.45) is 5.92 Å². The lowest BCUT2D eigenvalue weighted by molar-refractivity contribution is -0.138. The first-order chi connectivity index (χ1) is 23.4. The predicted octanol–water partition coefficient (Wildman–Crippen LogP) is 5.52. The molecule has 1 saturated heterocycles. The highest BCUT2D eigenvalue weighted by molar-refractivity contribution is 6.15. The molecule has 0 aromatic heterocycles. The molecule has 2 atom stereocenters. The number of hydrogen-bond acceptors (Lipinski definition) is 7. The Kier molecular flexibility index (Phi) is 10.7. The van der Waals surface area contributed by atoms with Crippen LogP contribution in [0.15, 0.2) is 84.1 Å². The Hall–Kier alpha value is -5.15. The quantitative estimate of drug-likeness (QED) is 0.223. The monoisotopic (exact) mass is 673 g/mol. The molecule has 0 spiro atoms. The number of nitriles is 1. The van der Waals surface area contributed by atoms with Crippen LogP contribution in [0.3, 0.4) is 0 Å². The van der Waals surface area contributed by atoms with Crippen LogP contribution in [-0.2, 0) is 20.6 Å². The van der Waals surface area contributed by atoms with Crippen molar-refractivity contribution in [2.75, 3.05) is 56.2 Å². The fourth-order valence-corrected chi connectivity index (χ4v) is 6.69. The molecular weight excluding hydrogens is 635 g/mol. The lowest BCUT2D eigenvalue weighted by Crippen LogP contribution is -2.51. The Morgan fingerprint density at radius 3 is 2.33 bits per heavy atom. The van der Waals surface area contributed by atoms with Crippen molar-refractivity contribution in [3.8, 4) is 11.8 Å². The van der Waals surface area contributed by atoms with Crippen LogP contribution in [0.1, 0.15) is 42.9 Å². The summed E-state index contributed by atoms with van der Waals surface area (Å²) in [5, 5.41) is 12.2. The summed E-state index contributed by atoms with van der Waals surface area (Å²) < 4.78 is 46.5. The number of nitrogens with one attached hydrogen (secondary N) is 1. The second-order valence-electron chi connectivity index (χ2n) is 12.1. The molecule has 256 valence electrons. The van der Waals surface area contributed by atoms with Crippen LogP contribution in [0.2, 0.25) is 0 Å². The molecule has 1 fully saturated rings. The maximum absolute atomic E-state index is 14.3. The van der Waals surface area contributed by atoms with Crippen molar-refractivity contribution in [2.45, 2.75) is 32.4 Å². The summed E-state index contributed by atoms with van der Waals surface area (Å²) in [5.74, 6) is -3.46. The molecule has 0 radical (unpaired) electrons. The number of ether oxygens (including phenoxy) is 1. The second-order valence-corrected chi connectivity index (χ2v) is 12.1. The van der Waals surface area contributed by atoms with Gasteiger partial charge in [0, 0.05) is 55.6 Å². The van der Waals surface area contributed by atoms with Gasteiger partial charge in [0.25, 0.3) is 0 Å². The lowest BCUT2D eigenvalue weighted by Gasteiger charge is -2.39. The summed E-state index contributed by atoms with van der Waals surface area (Å²) >= 11 is 0. The average Bonchev–Trinajstić information content (AvgIpc) is 3.09. The van der Waals surface area contributed by atoms with Crippen LogP contribution in [-0.4, -0.2) is 68.9 Å². The SMILES string of the molecule is COc1ccccc1N1CCN(CCCNC(=O)C2C(=O)N(c3cccc(C(F)(F)F)c3)C(C)=C(C(C)=O)C2c2ccc(C#N)cc2)CC1. The molecule has 2 unspecified atom stereocenters. The summed E-state index contributed by atoms with van der Waals surface area (Å²) in [6, 6.07) is 20.4. The average molecular weight is 674 g/mol. The van der Waals surface area contributed by atoms with Gasteiger partial charge in [-0.3, -0.25) is 24.2 Å². The molecule has 2 aliphatic heterocycles. The van der Waals surface area contributed by atoms with E-state index in [4.69, 9.17) is 4.74 Å². The number of rotatable bonds is 10. The summed E-state index contributed by atoms with van der Waals surface area (Å²) in [6.45, 7) is 6.98. The van der Waals surface area contributed by atoms with Crippen LogP contribution >= 0.6 is 0 Å². The van der Waals surface area contributed by atoms with Crippen molar-refractivity contribution >= 4 is 29.0 Å². The minimum Gasteiger partial charge on any atom is -0.495 e. The van der Waals surface area contributed by atoms with Gasteiger partial charge in [-0.25, -0.2) is 0 Å². The molecule has 1 N–H and O–H groups in total. The van der Waals surface area contributed by atoms with Crippen molar-refractivity contribution in [3.63, 3.8) is 0 Å². The zero-order chi connectivity index (χ0) is 35.3. The van der Waals surface area contributed by atoms with E-state index in [2.05, 4.69) is 15.1 Å². The van der Waals surface area contributed by atoms with Crippen molar-refractivity contribution in [1.82, 2.24) is 10.2 Å². The van der Waals surface area contributed by atoms with Crippen LogP contribution in [0.4, 0.5) is 24.5 Å². The maximum atomic E-state index is 14.3. The van der Waals surface area contributed by atoms with Crippen LogP contribution in [0.25, 0.3) is 0 Å². The largest absolute Gasteiger partial charge is 0.495 e. The van der Waals surface area contributed by atoms with E-state index < -0.39 is 41.2 Å². The fourth-order valence-electron chi connectivity index (χ4n) is 6.69. The van der Waals surface area contributed by atoms with E-state index in [1.807, 2.05) is 30.3 Å². The number of para-hydroxylation sites is 2. The Balaban J connectivity index is 1.35. The number of ketones is 1. The zero-order valence-corrected chi connectivity index (χ0v) is 27.6. The topological polar surface area (TPSA) is 106 Å². The Bertz CT molecular complexity index is 1780.